The van der Waals surface area contributed by atoms with Gasteiger partial charge in [0, 0.05) is 13.2 Å². The van der Waals surface area contributed by atoms with Crippen molar-refractivity contribution in [2.24, 2.45) is 5.92 Å². The summed E-state index contributed by atoms with van der Waals surface area (Å²) in [5, 5.41) is 0. The minimum absolute atomic E-state index is 0.235. The van der Waals surface area contributed by atoms with Crippen molar-refractivity contribution >= 4 is 5.78 Å². The molecule has 0 spiro atoms. The van der Waals surface area contributed by atoms with E-state index in [1.54, 1.807) is 6.92 Å². The van der Waals surface area contributed by atoms with Crippen LogP contribution >= 0.6 is 0 Å². The summed E-state index contributed by atoms with van der Waals surface area (Å²) in [5.74, 6) is 0.859. The molecule has 0 aromatic rings. The lowest BCUT2D eigenvalue weighted by Crippen LogP contribution is -2.33. The van der Waals surface area contributed by atoms with Crippen LogP contribution in [-0.4, -0.2) is 44.0 Å². The van der Waals surface area contributed by atoms with E-state index < -0.39 is 0 Å². The van der Waals surface area contributed by atoms with Crippen molar-refractivity contribution < 1.29 is 9.53 Å². The third-order valence-electron chi connectivity index (χ3n) is 2.32. The first-order valence-electron chi connectivity index (χ1n) is 4.94. The van der Waals surface area contributed by atoms with Gasteiger partial charge >= 0.3 is 0 Å². The van der Waals surface area contributed by atoms with E-state index >= 15 is 0 Å². The molecule has 0 N–H and O–H groups in total. The van der Waals surface area contributed by atoms with Crippen LogP contribution in [0.15, 0.2) is 0 Å². The highest BCUT2D eigenvalue weighted by molar-refractivity contribution is 5.77. The standard InChI is InChI=1S/C10H19NO2/c1-9(12)6-11(2)7-10-4-3-5-13-8-10/h10H,3-8H2,1-2H3. The Hall–Kier alpha value is -0.410. The van der Waals surface area contributed by atoms with Gasteiger partial charge in [0.1, 0.15) is 5.78 Å². The van der Waals surface area contributed by atoms with Crippen molar-refractivity contribution in [2.45, 2.75) is 19.8 Å². The topological polar surface area (TPSA) is 29.5 Å². The fourth-order valence-corrected chi connectivity index (χ4v) is 1.84. The second-order valence-corrected chi connectivity index (χ2v) is 3.98. The molecule has 1 fully saturated rings. The SMILES string of the molecule is CC(=O)CN(C)CC1CCCOC1. The number of hydrogen-bond donors (Lipinski definition) is 0. The van der Waals surface area contributed by atoms with Gasteiger partial charge < -0.3 is 4.74 Å². The maximum atomic E-state index is 10.8. The average molecular weight is 185 g/mol. The molecule has 1 rings (SSSR count). The van der Waals surface area contributed by atoms with Gasteiger partial charge in [0.25, 0.3) is 0 Å². The molecule has 1 saturated heterocycles. The number of nitrogens with zero attached hydrogens (tertiary/aromatic N) is 1. The predicted octanol–water partition coefficient (Wildman–Crippen LogP) is 0.934. The Labute approximate surface area is 80.1 Å². The summed E-state index contributed by atoms with van der Waals surface area (Å²) in [6.45, 7) is 4.96. The molecule has 13 heavy (non-hydrogen) atoms. The van der Waals surface area contributed by atoms with Gasteiger partial charge in [-0.25, -0.2) is 0 Å². The van der Waals surface area contributed by atoms with Gasteiger partial charge in [-0.3, -0.25) is 9.69 Å². The van der Waals surface area contributed by atoms with Crippen molar-refractivity contribution in [1.29, 1.82) is 0 Å². The molecule has 0 bridgehead atoms. The van der Waals surface area contributed by atoms with Crippen LogP contribution in [0.4, 0.5) is 0 Å². The molecule has 76 valence electrons. The molecule has 0 amide bonds. The summed E-state index contributed by atoms with van der Waals surface area (Å²) in [4.78, 5) is 12.9. The van der Waals surface area contributed by atoms with Gasteiger partial charge in [-0.05, 0) is 32.7 Å². The molecule has 1 unspecified atom stereocenters. The lowest BCUT2D eigenvalue weighted by atomic mass is 10.0. The first-order valence-corrected chi connectivity index (χ1v) is 4.94. The van der Waals surface area contributed by atoms with Gasteiger partial charge in [-0.15, -0.1) is 0 Å². The number of hydrogen-bond acceptors (Lipinski definition) is 3. The molecule has 0 aromatic carbocycles. The van der Waals surface area contributed by atoms with E-state index in [0.29, 0.717) is 12.5 Å². The molecule has 1 aliphatic rings. The summed E-state index contributed by atoms with van der Waals surface area (Å²) in [5.41, 5.74) is 0. The first kappa shape index (κ1) is 10.7. The maximum absolute atomic E-state index is 10.8. The third kappa shape index (κ3) is 4.39. The monoisotopic (exact) mass is 185 g/mol. The minimum atomic E-state index is 0.235. The van der Waals surface area contributed by atoms with Gasteiger partial charge in [-0.1, -0.05) is 0 Å². The molecule has 3 nitrogen and oxygen atoms in total. The van der Waals surface area contributed by atoms with E-state index in [1.807, 2.05) is 7.05 Å². The highest BCUT2D eigenvalue weighted by Gasteiger charge is 2.15. The van der Waals surface area contributed by atoms with E-state index in [-0.39, 0.29) is 5.78 Å². The number of ether oxygens (including phenoxy) is 1. The zero-order valence-corrected chi connectivity index (χ0v) is 8.58. The van der Waals surface area contributed by atoms with Gasteiger partial charge in [0.05, 0.1) is 13.2 Å². The smallest absolute Gasteiger partial charge is 0.143 e. The Morgan fingerprint density at radius 1 is 1.62 bits per heavy atom. The highest BCUT2D eigenvalue weighted by Crippen LogP contribution is 2.13. The lowest BCUT2D eigenvalue weighted by molar-refractivity contribution is -0.118. The molecule has 1 heterocycles. The predicted molar refractivity (Wildman–Crippen MR) is 51.7 cm³/mol. The number of carbonyl (C=O) groups excluding carboxylic acids is 1. The normalized spacial score (nSPS) is 23.5. The Bertz CT molecular complexity index is 164. The average Bonchev–Trinajstić information content (AvgIpc) is 2.04. The van der Waals surface area contributed by atoms with Crippen LogP contribution in [-0.2, 0) is 9.53 Å². The van der Waals surface area contributed by atoms with Crippen molar-refractivity contribution in [2.75, 3.05) is 33.4 Å². The maximum Gasteiger partial charge on any atom is 0.143 e. The van der Waals surface area contributed by atoms with E-state index in [9.17, 15) is 4.79 Å². The first-order chi connectivity index (χ1) is 6.18. The quantitative estimate of drug-likeness (QED) is 0.652. The molecule has 0 saturated carbocycles. The number of Topliss-reactive ketones (excluding diaryl/α,β-unsaturated/α-hetero) is 1. The van der Waals surface area contributed by atoms with Crippen molar-refractivity contribution in [3.8, 4) is 0 Å². The summed E-state index contributed by atoms with van der Waals surface area (Å²) >= 11 is 0. The summed E-state index contributed by atoms with van der Waals surface area (Å²) in [7, 11) is 2.00. The Balaban J connectivity index is 2.18. The molecular formula is C10H19NO2. The Kier molecular flexibility index (Phi) is 4.39. The van der Waals surface area contributed by atoms with Crippen LogP contribution < -0.4 is 0 Å². The number of rotatable bonds is 4. The second kappa shape index (κ2) is 5.35. The molecule has 3 heteroatoms. The Morgan fingerprint density at radius 3 is 2.92 bits per heavy atom. The molecular weight excluding hydrogens is 166 g/mol. The van der Waals surface area contributed by atoms with Crippen LogP contribution in [0.3, 0.4) is 0 Å². The summed E-state index contributed by atoms with van der Waals surface area (Å²) < 4.78 is 5.38. The van der Waals surface area contributed by atoms with Crippen LogP contribution in [0.1, 0.15) is 19.8 Å². The van der Waals surface area contributed by atoms with E-state index in [4.69, 9.17) is 4.74 Å². The third-order valence-corrected chi connectivity index (χ3v) is 2.32. The van der Waals surface area contributed by atoms with E-state index in [0.717, 1.165) is 19.8 Å². The van der Waals surface area contributed by atoms with Crippen molar-refractivity contribution in [1.82, 2.24) is 4.90 Å². The van der Waals surface area contributed by atoms with Crippen LogP contribution in [0, 0.1) is 5.92 Å². The summed E-state index contributed by atoms with van der Waals surface area (Å²) in [6, 6.07) is 0. The van der Waals surface area contributed by atoms with Crippen molar-refractivity contribution in [3.05, 3.63) is 0 Å². The fourth-order valence-electron chi connectivity index (χ4n) is 1.84. The van der Waals surface area contributed by atoms with Gasteiger partial charge in [0.2, 0.25) is 0 Å². The lowest BCUT2D eigenvalue weighted by Gasteiger charge is -2.26. The second-order valence-electron chi connectivity index (χ2n) is 3.98. The van der Waals surface area contributed by atoms with Gasteiger partial charge in [-0.2, -0.15) is 0 Å². The fraction of sp³-hybridized carbons (Fsp3) is 0.900. The van der Waals surface area contributed by atoms with Gasteiger partial charge in [0.15, 0.2) is 0 Å². The Morgan fingerprint density at radius 2 is 2.38 bits per heavy atom. The minimum Gasteiger partial charge on any atom is -0.381 e. The van der Waals surface area contributed by atoms with E-state index in [1.165, 1.54) is 12.8 Å². The van der Waals surface area contributed by atoms with Crippen molar-refractivity contribution in [3.63, 3.8) is 0 Å². The largest absolute Gasteiger partial charge is 0.381 e. The number of ketones is 1. The zero-order valence-electron chi connectivity index (χ0n) is 8.58. The van der Waals surface area contributed by atoms with Crippen LogP contribution in [0.25, 0.3) is 0 Å². The van der Waals surface area contributed by atoms with Crippen LogP contribution in [0.5, 0.6) is 0 Å². The number of carbonyl (C=O) groups is 1. The number of likely N-dealkylation sites (N-methyl/N-ethyl adjacent to an activating group) is 1. The molecule has 1 aliphatic heterocycles. The zero-order chi connectivity index (χ0) is 9.68. The molecule has 1 atom stereocenters. The highest BCUT2D eigenvalue weighted by atomic mass is 16.5. The van der Waals surface area contributed by atoms with E-state index in [2.05, 4.69) is 4.90 Å². The molecule has 0 radical (unpaired) electrons. The molecule has 0 aliphatic carbocycles. The summed E-state index contributed by atoms with van der Waals surface area (Å²) in [6.07, 6.45) is 2.40. The van der Waals surface area contributed by atoms with Crippen LogP contribution in [0.2, 0.25) is 0 Å². The molecule has 0 aromatic heterocycles.